The van der Waals surface area contributed by atoms with Crippen molar-refractivity contribution in [3.8, 4) is 11.5 Å². The van der Waals surface area contributed by atoms with Crippen molar-refractivity contribution in [3.63, 3.8) is 0 Å². The summed E-state index contributed by atoms with van der Waals surface area (Å²) >= 11 is 7.02. The Kier molecular flexibility index (Phi) is 4.49. The van der Waals surface area contributed by atoms with Crippen LogP contribution in [0.5, 0.6) is 11.5 Å². The van der Waals surface area contributed by atoms with Gasteiger partial charge in [0.05, 0.1) is 10.9 Å². The molecule has 0 bridgehead atoms. The molecule has 3 aromatic rings. The summed E-state index contributed by atoms with van der Waals surface area (Å²) in [5.41, 5.74) is 3.92. The Bertz CT molecular complexity index is 1170. The van der Waals surface area contributed by atoms with Gasteiger partial charge in [-0.2, -0.15) is 0 Å². The SMILES string of the molecule is Cc1cccc2c1Oc1ccccc1[C@@H]2N1C(=O)/C(=C\c2ccccc2)SC1=S. The van der Waals surface area contributed by atoms with Crippen molar-refractivity contribution >= 4 is 40.3 Å². The highest BCUT2D eigenvalue weighted by Gasteiger charge is 2.42. The van der Waals surface area contributed by atoms with Gasteiger partial charge in [-0.1, -0.05) is 90.7 Å². The van der Waals surface area contributed by atoms with Crippen molar-refractivity contribution in [1.82, 2.24) is 4.90 Å². The first-order valence-corrected chi connectivity index (χ1v) is 10.5. The zero-order chi connectivity index (χ0) is 20.0. The van der Waals surface area contributed by atoms with Gasteiger partial charge in [0, 0.05) is 11.1 Å². The molecule has 0 aliphatic carbocycles. The molecule has 142 valence electrons. The molecule has 3 nitrogen and oxygen atoms in total. The fourth-order valence-corrected chi connectivity index (χ4v) is 5.10. The third-order valence-corrected chi connectivity index (χ3v) is 6.47. The summed E-state index contributed by atoms with van der Waals surface area (Å²) in [7, 11) is 0. The highest BCUT2D eigenvalue weighted by atomic mass is 32.2. The van der Waals surface area contributed by atoms with Crippen LogP contribution in [0.3, 0.4) is 0 Å². The van der Waals surface area contributed by atoms with Crippen LogP contribution in [0.2, 0.25) is 0 Å². The van der Waals surface area contributed by atoms with Crippen molar-refractivity contribution in [3.05, 3.63) is 100.0 Å². The molecule has 5 rings (SSSR count). The van der Waals surface area contributed by atoms with Crippen molar-refractivity contribution in [2.45, 2.75) is 13.0 Å². The monoisotopic (exact) mass is 415 g/mol. The summed E-state index contributed by atoms with van der Waals surface area (Å²) in [6.45, 7) is 2.02. The minimum absolute atomic E-state index is 0.0713. The molecule has 1 saturated heterocycles. The van der Waals surface area contributed by atoms with Crippen LogP contribution in [0.25, 0.3) is 6.08 Å². The Labute approximate surface area is 179 Å². The number of fused-ring (bicyclic) bond motifs is 2. The number of carbonyl (C=O) groups excluding carboxylic acids is 1. The zero-order valence-corrected chi connectivity index (χ0v) is 17.3. The van der Waals surface area contributed by atoms with E-state index >= 15 is 0 Å². The predicted molar refractivity (Wildman–Crippen MR) is 121 cm³/mol. The fraction of sp³-hybridized carbons (Fsp3) is 0.0833. The largest absolute Gasteiger partial charge is 0.456 e. The van der Waals surface area contributed by atoms with Crippen LogP contribution in [0, 0.1) is 6.92 Å². The van der Waals surface area contributed by atoms with Crippen molar-refractivity contribution in [1.29, 1.82) is 0 Å². The number of carbonyl (C=O) groups is 1. The number of ether oxygens (including phenoxy) is 1. The second-order valence-corrected chi connectivity index (χ2v) is 8.67. The molecule has 1 amide bonds. The summed E-state index contributed by atoms with van der Waals surface area (Å²) in [5, 5.41) is 0. The Morgan fingerprint density at radius 1 is 0.966 bits per heavy atom. The van der Waals surface area contributed by atoms with Crippen LogP contribution in [-0.2, 0) is 4.79 Å². The van der Waals surface area contributed by atoms with Gasteiger partial charge in [-0.25, -0.2) is 0 Å². The maximum atomic E-state index is 13.4. The average molecular weight is 416 g/mol. The predicted octanol–water partition coefficient (Wildman–Crippen LogP) is 6.09. The molecule has 0 unspecified atom stereocenters. The lowest BCUT2D eigenvalue weighted by Crippen LogP contribution is -2.35. The molecule has 0 aromatic heterocycles. The molecule has 0 spiro atoms. The van der Waals surface area contributed by atoms with E-state index in [9.17, 15) is 4.79 Å². The molecule has 1 atom stereocenters. The van der Waals surface area contributed by atoms with Crippen LogP contribution >= 0.6 is 24.0 Å². The molecule has 1 fully saturated rings. The number of hydrogen-bond donors (Lipinski definition) is 0. The van der Waals surface area contributed by atoms with Gasteiger partial charge < -0.3 is 4.74 Å². The summed E-state index contributed by atoms with van der Waals surface area (Å²) < 4.78 is 6.75. The first-order valence-electron chi connectivity index (χ1n) is 9.32. The molecule has 2 heterocycles. The topological polar surface area (TPSA) is 29.5 Å². The second-order valence-electron chi connectivity index (χ2n) is 7.00. The summed E-state index contributed by atoms with van der Waals surface area (Å²) in [4.78, 5) is 15.8. The van der Waals surface area contributed by atoms with Gasteiger partial charge in [0.2, 0.25) is 0 Å². The van der Waals surface area contributed by atoms with E-state index in [1.807, 2.05) is 85.8 Å². The number of thiocarbonyl (C=S) groups is 1. The van der Waals surface area contributed by atoms with E-state index < -0.39 is 0 Å². The highest BCUT2D eigenvalue weighted by Crippen LogP contribution is 2.50. The van der Waals surface area contributed by atoms with Gasteiger partial charge in [-0.05, 0) is 30.2 Å². The first kappa shape index (κ1) is 18.2. The number of benzene rings is 3. The molecular weight excluding hydrogens is 398 g/mol. The van der Waals surface area contributed by atoms with Crippen LogP contribution in [0.15, 0.2) is 77.7 Å². The van der Waals surface area contributed by atoms with E-state index in [2.05, 4.69) is 0 Å². The Hall–Kier alpha value is -2.89. The van der Waals surface area contributed by atoms with E-state index in [1.165, 1.54) is 11.8 Å². The lowest BCUT2D eigenvalue weighted by atomic mass is 9.92. The van der Waals surface area contributed by atoms with Gasteiger partial charge in [0.1, 0.15) is 15.8 Å². The maximum absolute atomic E-state index is 13.4. The molecular formula is C24H17NO2S2. The van der Waals surface area contributed by atoms with Crippen LogP contribution in [0.1, 0.15) is 28.3 Å². The zero-order valence-electron chi connectivity index (χ0n) is 15.7. The number of hydrogen-bond acceptors (Lipinski definition) is 4. The van der Waals surface area contributed by atoms with E-state index in [0.29, 0.717) is 9.23 Å². The molecule has 2 aliphatic rings. The standard InChI is InChI=1S/C24H17NO2S2/c1-15-8-7-12-18-21(17-11-5-6-13-19(17)27-22(15)18)25-23(26)20(29-24(25)28)14-16-9-3-2-4-10-16/h2-14,21H,1H3/b20-14+/t21-/m0/s1. The van der Waals surface area contributed by atoms with Crippen molar-refractivity contribution in [2.75, 3.05) is 0 Å². The molecule has 0 radical (unpaired) electrons. The van der Waals surface area contributed by atoms with Crippen LogP contribution in [0.4, 0.5) is 0 Å². The molecule has 0 saturated carbocycles. The molecule has 29 heavy (non-hydrogen) atoms. The number of para-hydroxylation sites is 2. The van der Waals surface area contributed by atoms with Crippen LogP contribution < -0.4 is 4.74 Å². The van der Waals surface area contributed by atoms with E-state index in [1.54, 1.807) is 4.90 Å². The summed E-state index contributed by atoms with van der Waals surface area (Å²) in [6.07, 6.45) is 1.90. The second kappa shape index (κ2) is 7.17. The Morgan fingerprint density at radius 3 is 2.52 bits per heavy atom. The summed E-state index contributed by atoms with van der Waals surface area (Å²) in [6, 6.07) is 23.4. The van der Waals surface area contributed by atoms with Gasteiger partial charge in [-0.15, -0.1) is 0 Å². The third kappa shape index (κ3) is 3.07. The Balaban J connectivity index is 1.63. The quantitative estimate of drug-likeness (QED) is 0.374. The van der Waals surface area contributed by atoms with E-state index in [4.69, 9.17) is 17.0 Å². The van der Waals surface area contributed by atoms with Gasteiger partial charge in [0.25, 0.3) is 5.91 Å². The fourth-order valence-electron chi connectivity index (χ4n) is 3.79. The number of rotatable bonds is 2. The third-order valence-electron chi connectivity index (χ3n) is 5.14. The van der Waals surface area contributed by atoms with Gasteiger partial charge >= 0.3 is 0 Å². The van der Waals surface area contributed by atoms with E-state index in [0.717, 1.165) is 33.8 Å². The molecule has 0 N–H and O–H groups in total. The Morgan fingerprint density at radius 2 is 1.69 bits per heavy atom. The molecule has 5 heteroatoms. The lowest BCUT2D eigenvalue weighted by Gasteiger charge is -2.34. The minimum atomic E-state index is -0.302. The number of aryl methyl sites for hydroxylation is 1. The van der Waals surface area contributed by atoms with Crippen molar-refractivity contribution in [2.24, 2.45) is 0 Å². The number of amides is 1. The van der Waals surface area contributed by atoms with Gasteiger partial charge in [-0.3, -0.25) is 9.69 Å². The minimum Gasteiger partial charge on any atom is -0.456 e. The highest BCUT2D eigenvalue weighted by molar-refractivity contribution is 8.26. The maximum Gasteiger partial charge on any atom is 0.267 e. The molecule has 2 aliphatic heterocycles. The van der Waals surface area contributed by atoms with Gasteiger partial charge in [0.15, 0.2) is 0 Å². The van der Waals surface area contributed by atoms with Crippen LogP contribution in [-0.4, -0.2) is 15.1 Å². The average Bonchev–Trinajstić information content (AvgIpc) is 3.01. The lowest BCUT2D eigenvalue weighted by molar-refractivity contribution is -0.123. The smallest absolute Gasteiger partial charge is 0.267 e. The summed E-state index contributed by atoms with van der Waals surface area (Å²) in [5.74, 6) is 1.50. The normalized spacial score (nSPS) is 19.1. The first-order chi connectivity index (χ1) is 14.1. The molecule has 3 aromatic carbocycles. The number of thioether (sulfide) groups is 1. The number of nitrogens with zero attached hydrogens (tertiary/aromatic N) is 1. The van der Waals surface area contributed by atoms with E-state index in [-0.39, 0.29) is 11.9 Å². The van der Waals surface area contributed by atoms with Crippen molar-refractivity contribution < 1.29 is 9.53 Å².